The molecule has 3 unspecified atom stereocenters. The molecule has 110 valence electrons. The summed E-state index contributed by atoms with van der Waals surface area (Å²) >= 11 is 0. The largest absolute Gasteiger partial charge is 0.388 e. The molecule has 0 aromatic carbocycles. The maximum atomic E-state index is 10.9. The van der Waals surface area contributed by atoms with Gasteiger partial charge in [-0.05, 0) is 25.7 Å². The Hall–Kier alpha value is -0.630. The summed E-state index contributed by atoms with van der Waals surface area (Å²) in [4.78, 5) is 0. The molecule has 0 aromatic heterocycles. The van der Waals surface area contributed by atoms with E-state index >= 15 is 0 Å². The molecule has 3 atom stereocenters. The zero-order valence-corrected chi connectivity index (χ0v) is 12.6. The summed E-state index contributed by atoms with van der Waals surface area (Å²) < 4.78 is 10.4. The van der Waals surface area contributed by atoms with Gasteiger partial charge < -0.3 is 14.6 Å². The second-order valence-electron chi connectivity index (χ2n) is 5.94. The van der Waals surface area contributed by atoms with Gasteiger partial charge in [0.05, 0.1) is 17.1 Å². The fraction of sp³-hybridized carbons (Fsp3) is 0.933. The van der Waals surface area contributed by atoms with Crippen molar-refractivity contribution in [3.8, 4) is 6.07 Å². The molecule has 0 aliphatic heterocycles. The van der Waals surface area contributed by atoms with Crippen LogP contribution in [0.25, 0.3) is 0 Å². The number of rotatable bonds is 6. The molecule has 1 N–H and O–H groups in total. The number of ether oxygens (including phenoxy) is 2. The Balaban J connectivity index is 2.90. The molecule has 1 aliphatic carbocycles. The lowest BCUT2D eigenvalue weighted by molar-refractivity contribution is -0.168. The van der Waals surface area contributed by atoms with Gasteiger partial charge in [0.15, 0.2) is 6.29 Å². The first kappa shape index (κ1) is 16.4. The fourth-order valence-electron chi connectivity index (χ4n) is 3.23. The molecule has 0 heterocycles. The van der Waals surface area contributed by atoms with Gasteiger partial charge in [0.2, 0.25) is 0 Å². The van der Waals surface area contributed by atoms with Crippen molar-refractivity contribution in [3.05, 3.63) is 0 Å². The molecule has 1 aliphatic rings. The number of nitrogens with zero attached hydrogens (tertiary/aromatic N) is 1. The van der Waals surface area contributed by atoms with Gasteiger partial charge in [0.1, 0.15) is 0 Å². The third kappa shape index (κ3) is 3.47. The average Bonchev–Trinajstić information content (AvgIpc) is 2.44. The second kappa shape index (κ2) is 6.69. The lowest BCUT2D eigenvalue weighted by Crippen LogP contribution is -2.50. The molecule has 1 rings (SSSR count). The van der Waals surface area contributed by atoms with E-state index in [1.807, 2.05) is 0 Å². The molecule has 1 saturated carbocycles. The molecular formula is C15H27NO3. The highest BCUT2D eigenvalue weighted by Gasteiger charge is 2.50. The highest BCUT2D eigenvalue weighted by Crippen LogP contribution is 2.49. The molecule has 0 aromatic rings. The summed E-state index contributed by atoms with van der Waals surface area (Å²) in [5.74, 6) is 0.531. The minimum absolute atomic E-state index is 0.323. The van der Waals surface area contributed by atoms with E-state index in [2.05, 4.69) is 13.0 Å². The van der Waals surface area contributed by atoms with Crippen LogP contribution in [0.1, 0.15) is 52.4 Å². The van der Waals surface area contributed by atoms with E-state index in [0.29, 0.717) is 12.3 Å². The standard InChI is InChI=1S/C15H27NO3/c1-5-12-7-6-8-15(9-12,11-16)14(2,17)10-13(18-3)19-4/h12-13,17H,5-10H2,1-4H3. The molecular weight excluding hydrogens is 242 g/mol. The van der Waals surface area contributed by atoms with Gasteiger partial charge in [-0.15, -0.1) is 0 Å². The molecule has 4 heteroatoms. The Morgan fingerprint density at radius 2 is 2.11 bits per heavy atom. The highest BCUT2D eigenvalue weighted by molar-refractivity contribution is 5.12. The molecule has 0 radical (unpaired) electrons. The second-order valence-corrected chi connectivity index (χ2v) is 5.94. The van der Waals surface area contributed by atoms with Crippen LogP contribution in [0.2, 0.25) is 0 Å². The summed E-state index contributed by atoms with van der Waals surface area (Å²) in [5.41, 5.74) is -1.77. The van der Waals surface area contributed by atoms with E-state index in [1.165, 1.54) is 0 Å². The van der Waals surface area contributed by atoms with Crippen molar-refractivity contribution in [2.45, 2.75) is 64.3 Å². The number of nitriles is 1. The van der Waals surface area contributed by atoms with Gasteiger partial charge in [0.25, 0.3) is 0 Å². The van der Waals surface area contributed by atoms with E-state index in [9.17, 15) is 10.4 Å². The third-order valence-corrected chi connectivity index (χ3v) is 4.77. The molecule has 4 nitrogen and oxygen atoms in total. The zero-order valence-electron chi connectivity index (χ0n) is 12.6. The van der Waals surface area contributed by atoms with E-state index in [0.717, 1.165) is 32.1 Å². The van der Waals surface area contributed by atoms with Gasteiger partial charge in [-0.25, -0.2) is 0 Å². The van der Waals surface area contributed by atoms with E-state index < -0.39 is 17.3 Å². The predicted octanol–water partition coefficient (Wildman–Crippen LogP) is 2.86. The maximum Gasteiger partial charge on any atom is 0.159 e. The van der Waals surface area contributed by atoms with E-state index in [1.54, 1.807) is 21.1 Å². The smallest absolute Gasteiger partial charge is 0.159 e. The average molecular weight is 269 g/mol. The Morgan fingerprint density at radius 3 is 2.58 bits per heavy atom. The Kier molecular flexibility index (Phi) is 5.79. The van der Waals surface area contributed by atoms with Crippen molar-refractivity contribution < 1.29 is 14.6 Å². The number of methoxy groups -OCH3 is 2. The van der Waals surface area contributed by atoms with Crippen LogP contribution in [0.3, 0.4) is 0 Å². The molecule has 19 heavy (non-hydrogen) atoms. The lowest BCUT2D eigenvalue weighted by atomic mass is 9.60. The summed E-state index contributed by atoms with van der Waals surface area (Å²) in [7, 11) is 3.11. The predicted molar refractivity (Wildman–Crippen MR) is 73.3 cm³/mol. The third-order valence-electron chi connectivity index (χ3n) is 4.77. The molecule has 0 spiro atoms. The van der Waals surface area contributed by atoms with Crippen molar-refractivity contribution in [1.82, 2.24) is 0 Å². The summed E-state index contributed by atoms with van der Waals surface area (Å²) in [6.07, 6.45) is 4.62. The normalized spacial score (nSPS) is 30.9. The first-order valence-corrected chi connectivity index (χ1v) is 7.14. The summed E-state index contributed by atoms with van der Waals surface area (Å²) in [6, 6.07) is 2.41. The topological polar surface area (TPSA) is 62.5 Å². The number of hydrogen-bond acceptors (Lipinski definition) is 4. The fourth-order valence-corrected chi connectivity index (χ4v) is 3.23. The van der Waals surface area contributed by atoms with Crippen LogP contribution < -0.4 is 0 Å². The molecule has 0 amide bonds. The van der Waals surface area contributed by atoms with Crippen LogP contribution >= 0.6 is 0 Å². The molecule has 1 fully saturated rings. The van der Waals surface area contributed by atoms with Crippen LogP contribution in [-0.4, -0.2) is 31.2 Å². The Morgan fingerprint density at radius 1 is 1.47 bits per heavy atom. The zero-order chi connectivity index (χ0) is 14.5. The maximum absolute atomic E-state index is 10.9. The lowest BCUT2D eigenvalue weighted by Gasteiger charge is -2.46. The quantitative estimate of drug-likeness (QED) is 0.753. The van der Waals surface area contributed by atoms with Gasteiger partial charge in [0, 0.05) is 20.6 Å². The molecule has 0 saturated heterocycles. The van der Waals surface area contributed by atoms with E-state index in [4.69, 9.17) is 9.47 Å². The van der Waals surface area contributed by atoms with Gasteiger partial charge >= 0.3 is 0 Å². The van der Waals surface area contributed by atoms with Gasteiger partial charge in [-0.2, -0.15) is 5.26 Å². The Bertz CT molecular complexity index is 320. The van der Waals surface area contributed by atoms with Crippen LogP contribution in [-0.2, 0) is 9.47 Å². The monoisotopic (exact) mass is 269 g/mol. The van der Waals surface area contributed by atoms with Crippen molar-refractivity contribution in [1.29, 1.82) is 5.26 Å². The first-order valence-electron chi connectivity index (χ1n) is 7.14. The minimum Gasteiger partial charge on any atom is -0.388 e. The first-order chi connectivity index (χ1) is 8.94. The van der Waals surface area contributed by atoms with Crippen LogP contribution in [0, 0.1) is 22.7 Å². The Labute approximate surface area is 116 Å². The van der Waals surface area contributed by atoms with Crippen molar-refractivity contribution in [3.63, 3.8) is 0 Å². The van der Waals surface area contributed by atoms with Gasteiger partial charge in [-0.3, -0.25) is 0 Å². The molecule has 0 bridgehead atoms. The highest BCUT2D eigenvalue weighted by atomic mass is 16.7. The van der Waals surface area contributed by atoms with Crippen molar-refractivity contribution in [2.24, 2.45) is 11.3 Å². The van der Waals surface area contributed by atoms with Gasteiger partial charge in [-0.1, -0.05) is 26.2 Å². The van der Waals surface area contributed by atoms with E-state index in [-0.39, 0.29) is 0 Å². The van der Waals surface area contributed by atoms with Crippen molar-refractivity contribution in [2.75, 3.05) is 14.2 Å². The van der Waals surface area contributed by atoms with Crippen molar-refractivity contribution >= 4 is 0 Å². The summed E-state index contributed by atoms with van der Waals surface area (Å²) in [6.45, 7) is 3.90. The number of hydrogen-bond donors (Lipinski definition) is 1. The van der Waals surface area contributed by atoms with Crippen LogP contribution in [0.4, 0.5) is 0 Å². The van der Waals surface area contributed by atoms with Crippen LogP contribution in [0.5, 0.6) is 0 Å². The van der Waals surface area contributed by atoms with Crippen LogP contribution in [0.15, 0.2) is 0 Å². The number of aliphatic hydroxyl groups is 1. The minimum atomic E-state index is -1.09. The SMILES string of the molecule is CCC1CCCC(C#N)(C(C)(O)CC(OC)OC)C1. The summed E-state index contributed by atoms with van der Waals surface area (Å²) in [5, 5.41) is 20.5.